The summed E-state index contributed by atoms with van der Waals surface area (Å²) < 4.78 is 60.0. The molecule has 0 saturated heterocycles. The number of alkyl halides is 3. The third kappa shape index (κ3) is 4.44. The molecule has 1 aliphatic heterocycles. The van der Waals surface area contributed by atoms with Gasteiger partial charge in [0, 0.05) is 35.3 Å². The SMILES string of the molecule is Fc1cc(CN2CCc3cc(C(F)(F)F)ccc32)c(Cl)cc1SNc1ncns1. The minimum atomic E-state index is -4.37. The van der Waals surface area contributed by atoms with Crippen molar-refractivity contribution >= 4 is 45.9 Å². The van der Waals surface area contributed by atoms with Crippen molar-refractivity contribution in [1.82, 2.24) is 9.36 Å². The van der Waals surface area contributed by atoms with E-state index in [1.54, 1.807) is 0 Å². The van der Waals surface area contributed by atoms with Gasteiger partial charge in [-0.3, -0.25) is 0 Å². The van der Waals surface area contributed by atoms with Crippen molar-refractivity contribution in [3.63, 3.8) is 0 Å². The van der Waals surface area contributed by atoms with Gasteiger partial charge in [-0.1, -0.05) is 11.6 Å². The van der Waals surface area contributed by atoms with Gasteiger partial charge in [-0.2, -0.15) is 17.5 Å². The second-order valence-corrected chi connectivity index (χ2v) is 8.37. The molecule has 11 heteroatoms. The molecule has 3 aromatic rings. The Labute approximate surface area is 177 Å². The lowest BCUT2D eigenvalue weighted by atomic mass is 10.1. The van der Waals surface area contributed by atoms with Crippen LogP contribution < -0.4 is 9.62 Å². The number of nitrogens with one attached hydrogen (secondary N) is 1. The highest BCUT2D eigenvalue weighted by atomic mass is 35.5. The number of rotatable bonds is 5. The minimum Gasteiger partial charge on any atom is -0.367 e. The normalized spacial score (nSPS) is 13.6. The van der Waals surface area contributed by atoms with Gasteiger partial charge in [0.15, 0.2) is 0 Å². The van der Waals surface area contributed by atoms with E-state index in [4.69, 9.17) is 11.6 Å². The van der Waals surface area contributed by atoms with Crippen LogP contribution in [0.3, 0.4) is 0 Å². The van der Waals surface area contributed by atoms with Crippen LogP contribution in [0.15, 0.2) is 41.6 Å². The lowest BCUT2D eigenvalue weighted by Crippen LogP contribution is -2.20. The van der Waals surface area contributed by atoms with Crippen LogP contribution in [-0.2, 0) is 19.1 Å². The molecule has 4 rings (SSSR count). The Kier molecular flexibility index (Phi) is 5.58. The maximum absolute atomic E-state index is 14.5. The molecule has 4 nitrogen and oxygen atoms in total. The summed E-state index contributed by atoms with van der Waals surface area (Å²) in [6.07, 6.45) is -2.48. The van der Waals surface area contributed by atoms with Crippen LogP contribution in [0.2, 0.25) is 5.02 Å². The fraction of sp³-hybridized carbons (Fsp3) is 0.222. The second-order valence-electron chi connectivity index (χ2n) is 6.34. The first-order valence-corrected chi connectivity index (χ1v) is 10.4. The fourth-order valence-corrected chi connectivity index (χ4v) is 4.54. The third-order valence-corrected chi connectivity index (χ3v) is 6.36. The molecule has 2 aromatic carbocycles. The molecule has 0 amide bonds. The summed E-state index contributed by atoms with van der Waals surface area (Å²) in [4.78, 5) is 6.17. The Bertz CT molecular complexity index is 1030. The molecule has 0 fully saturated rings. The average Bonchev–Trinajstić information content (AvgIpc) is 3.32. The number of benzene rings is 2. The van der Waals surface area contributed by atoms with Gasteiger partial charge in [-0.05, 0) is 59.8 Å². The van der Waals surface area contributed by atoms with Crippen molar-refractivity contribution in [2.75, 3.05) is 16.2 Å². The highest BCUT2D eigenvalue weighted by Gasteiger charge is 2.32. The van der Waals surface area contributed by atoms with Gasteiger partial charge in [0.05, 0.1) is 10.5 Å². The van der Waals surface area contributed by atoms with Crippen LogP contribution in [0.25, 0.3) is 0 Å². The number of hydrogen-bond donors (Lipinski definition) is 1. The van der Waals surface area contributed by atoms with Gasteiger partial charge in [-0.15, -0.1) is 0 Å². The molecule has 0 atom stereocenters. The number of hydrogen-bond acceptors (Lipinski definition) is 6. The Morgan fingerprint density at radius 3 is 2.79 bits per heavy atom. The monoisotopic (exact) mass is 460 g/mol. The van der Waals surface area contributed by atoms with Gasteiger partial charge in [0.2, 0.25) is 5.13 Å². The van der Waals surface area contributed by atoms with Gasteiger partial charge < -0.3 is 9.62 Å². The zero-order valence-corrected chi connectivity index (χ0v) is 17.0. The lowest BCUT2D eigenvalue weighted by molar-refractivity contribution is -0.137. The van der Waals surface area contributed by atoms with Crippen molar-refractivity contribution in [3.05, 3.63) is 64.2 Å². The topological polar surface area (TPSA) is 41.0 Å². The maximum Gasteiger partial charge on any atom is 0.416 e. The molecule has 1 N–H and O–H groups in total. The Hall–Kier alpha value is -2.04. The summed E-state index contributed by atoms with van der Waals surface area (Å²) in [7, 11) is 0. The Morgan fingerprint density at radius 1 is 1.24 bits per heavy atom. The number of anilines is 2. The molecule has 0 bridgehead atoms. The molecule has 152 valence electrons. The number of halogens is 5. The van der Waals surface area contributed by atoms with E-state index in [1.165, 1.54) is 30.6 Å². The van der Waals surface area contributed by atoms with Gasteiger partial charge >= 0.3 is 6.18 Å². The molecule has 0 spiro atoms. The van der Waals surface area contributed by atoms with E-state index in [2.05, 4.69) is 14.1 Å². The van der Waals surface area contributed by atoms with Crippen molar-refractivity contribution in [1.29, 1.82) is 0 Å². The van der Waals surface area contributed by atoms with Crippen molar-refractivity contribution in [2.24, 2.45) is 0 Å². The molecule has 29 heavy (non-hydrogen) atoms. The highest BCUT2D eigenvalue weighted by Crippen LogP contribution is 2.37. The zero-order chi connectivity index (χ0) is 20.6. The quantitative estimate of drug-likeness (QED) is 0.372. The standard InChI is InChI=1S/C18H13ClF4N4S2/c19-13-7-16(28-26-17-24-9-25-29-17)14(20)6-11(13)8-27-4-3-10-5-12(18(21,22)23)1-2-15(10)27/h1-2,5-7,9H,3-4,8H2,(H,24,25,26). The van der Waals surface area contributed by atoms with Gasteiger partial charge in [-0.25, -0.2) is 9.37 Å². The molecule has 0 aliphatic carbocycles. The summed E-state index contributed by atoms with van der Waals surface area (Å²) in [6.45, 7) is 0.854. The van der Waals surface area contributed by atoms with E-state index >= 15 is 0 Å². The van der Waals surface area contributed by atoms with E-state index in [1.807, 2.05) is 4.90 Å². The molecule has 0 unspecified atom stereocenters. The summed E-state index contributed by atoms with van der Waals surface area (Å²) in [5, 5.41) is 0.926. The van der Waals surface area contributed by atoms with Crippen molar-refractivity contribution in [3.8, 4) is 0 Å². The summed E-state index contributed by atoms with van der Waals surface area (Å²) in [5.74, 6) is -0.446. The van der Waals surface area contributed by atoms with Crippen LogP contribution >= 0.6 is 35.1 Å². The van der Waals surface area contributed by atoms with Gasteiger partial charge in [0.1, 0.15) is 12.1 Å². The fourth-order valence-electron chi connectivity index (χ4n) is 3.10. The number of fused-ring (bicyclic) bond motifs is 1. The largest absolute Gasteiger partial charge is 0.416 e. The van der Waals surface area contributed by atoms with Crippen molar-refractivity contribution < 1.29 is 17.6 Å². The summed E-state index contributed by atoms with van der Waals surface area (Å²) in [5.41, 5.74) is 1.25. The maximum atomic E-state index is 14.5. The molecular formula is C18H13ClF4N4S2. The highest BCUT2D eigenvalue weighted by molar-refractivity contribution is 8.00. The van der Waals surface area contributed by atoms with E-state index in [0.29, 0.717) is 51.4 Å². The Morgan fingerprint density at radius 2 is 2.07 bits per heavy atom. The molecule has 1 aromatic heterocycles. The predicted molar refractivity (Wildman–Crippen MR) is 107 cm³/mol. The molecule has 2 heterocycles. The van der Waals surface area contributed by atoms with Crippen molar-refractivity contribution in [2.45, 2.75) is 24.0 Å². The average molecular weight is 461 g/mol. The van der Waals surface area contributed by atoms with Crippen LogP contribution in [0, 0.1) is 5.82 Å². The van der Waals surface area contributed by atoms with Gasteiger partial charge in [0.25, 0.3) is 0 Å². The number of aromatic nitrogens is 2. The lowest BCUT2D eigenvalue weighted by Gasteiger charge is -2.21. The first kappa shape index (κ1) is 20.2. The molecule has 0 radical (unpaired) electrons. The van der Waals surface area contributed by atoms with Crippen LogP contribution in [0.1, 0.15) is 16.7 Å². The first-order chi connectivity index (χ1) is 13.8. The molecule has 0 saturated carbocycles. The number of nitrogens with zero attached hydrogens (tertiary/aromatic N) is 3. The molecular weight excluding hydrogens is 448 g/mol. The first-order valence-electron chi connectivity index (χ1n) is 8.44. The smallest absolute Gasteiger partial charge is 0.367 e. The summed E-state index contributed by atoms with van der Waals surface area (Å²) in [6, 6.07) is 6.59. The Balaban J connectivity index is 1.50. The van der Waals surface area contributed by atoms with Crippen LogP contribution in [-0.4, -0.2) is 15.9 Å². The third-order valence-electron chi connectivity index (χ3n) is 4.47. The van der Waals surface area contributed by atoms with E-state index in [-0.39, 0.29) is 0 Å². The van der Waals surface area contributed by atoms with E-state index in [9.17, 15) is 17.6 Å². The molecule has 1 aliphatic rings. The summed E-state index contributed by atoms with van der Waals surface area (Å²) >= 11 is 8.53. The van der Waals surface area contributed by atoms with E-state index < -0.39 is 17.6 Å². The van der Waals surface area contributed by atoms with E-state index in [0.717, 1.165) is 29.5 Å². The second kappa shape index (κ2) is 8.00. The predicted octanol–water partition coefficient (Wildman–Crippen LogP) is 6.03. The van der Waals surface area contributed by atoms with Crippen LogP contribution in [0.5, 0.6) is 0 Å². The van der Waals surface area contributed by atoms with Crippen LogP contribution in [0.4, 0.5) is 28.4 Å². The minimum absolute atomic E-state index is 0.308. The zero-order valence-electron chi connectivity index (χ0n) is 14.6.